The number of ether oxygens (including phenoxy) is 1. The number of benzene rings is 1. The van der Waals surface area contributed by atoms with Crippen molar-refractivity contribution in [3.8, 4) is 0 Å². The Kier molecular flexibility index (Phi) is 5.96. The van der Waals surface area contributed by atoms with Crippen LogP contribution in [0.15, 0.2) is 30.6 Å². The molecule has 29 heavy (non-hydrogen) atoms. The summed E-state index contributed by atoms with van der Waals surface area (Å²) in [5.74, 6) is -0.776. The van der Waals surface area contributed by atoms with E-state index in [1.54, 1.807) is 12.4 Å². The Balaban J connectivity index is 1.42. The minimum absolute atomic E-state index is 0.129. The summed E-state index contributed by atoms with van der Waals surface area (Å²) >= 11 is 0. The highest BCUT2D eigenvalue weighted by atomic mass is 19.1. The quantitative estimate of drug-likeness (QED) is 0.791. The van der Waals surface area contributed by atoms with Crippen LogP contribution in [0.5, 0.6) is 0 Å². The first-order valence-corrected chi connectivity index (χ1v) is 9.71. The van der Waals surface area contributed by atoms with Crippen LogP contribution in [0.2, 0.25) is 0 Å². The molecule has 154 valence electrons. The van der Waals surface area contributed by atoms with Gasteiger partial charge in [0.25, 0.3) is 0 Å². The van der Waals surface area contributed by atoms with Crippen LogP contribution in [-0.4, -0.2) is 48.2 Å². The Bertz CT molecular complexity index is 838. The maximum Gasteiger partial charge on any atom is 0.225 e. The second-order valence-electron chi connectivity index (χ2n) is 7.26. The maximum absolute atomic E-state index is 13.6. The molecule has 2 saturated heterocycles. The lowest BCUT2D eigenvalue weighted by Gasteiger charge is -2.33. The number of hydrogen-bond donors (Lipinski definition) is 2. The Labute approximate surface area is 167 Å². The van der Waals surface area contributed by atoms with Gasteiger partial charge in [0.2, 0.25) is 11.9 Å². The Morgan fingerprint density at radius 3 is 2.52 bits per heavy atom. The number of rotatable bonds is 5. The molecule has 1 aromatic carbocycles. The molecule has 0 aliphatic carbocycles. The van der Waals surface area contributed by atoms with Gasteiger partial charge in [0, 0.05) is 56.1 Å². The van der Waals surface area contributed by atoms with Gasteiger partial charge >= 0.3 is 0 Å². The number of nitrogens with zero attached hydrogens (tertiary/aromatic N) is 3. The standard InChI is InChI=1S/C20H23F2N5O2/c21-15-7-14(8-16(22)9-15)19-17(1-2-18(28)26-19)23-10-13-11-24-20(25-12-13)27-3-5-29-6-4-27/h7-9,11-12,17,19,23H,1-6,10H2,(H,26,28)/t17-,19+/m1/s1. The summed E-state index contributed by atoms with van der Waals surface area (Å²) in [6.45, 7) is 3.36. The highest BCUT2D eigenvalue weighted by Crippen LogP contribution is 2.26. The number of nitrogens with one attached hydrogen (secondary N) is 2. The molecule has 2 aromatic rings. The van der Waals surface area contributed by atoms with E-state index in [4.69, 9.17) is 4.74 Å². The normalized spacial score (nSPS) is 22.4. The lowest BCUT2D eigenvalue weighted by atomic mass is 9.91. The van der Waals surface area contributed by atoms with Crippen LogP contribution in [0.4, 0.5) is 14.7 Å². The molecule has 0 bridgehead atoms. The number of anilines is 1. The van der Waals surface area contributed by atoms with E-state index in [1.165, 1.54) is 12.1 Å². The topological polar surface area (TPSA) is 79.4 Å². The molecule has 2 aliphatic rings. The van der Waals surface area contributed by atoms with E-state index >= 15 is 0 Å². The van der Waals surface area contributed by atoms with Crippen molar-refractivity contribution in [3.05, 3.63) is 53.4 Å². The summed E-state index contributed by atoms with van der Waals surface area (Å²) in [5.41, 5.74) is 1.30. The summed E-state index contributed by atoms with van der Waals surface area (Å²) in [6, 6.07) is 2.68. The van der Waals surface area contributed by atoms with Gasteiger partial charge in [-0.15, -0.1) is 0 Å². The van der Waals surface area contributed by atoms with Crippen molar-refractivity contribution in [2.24, 2.45) is 0 Å². The van der Waals surface area contributed by atoms with E-state index in [0.29, 0.717) is 44.1 Å². The summed E-state index contributed by atoms with van der Waals surface area (Å²) in [7, 11) is 0. The third kappa shape index (κ3) is 4.86. The van der Waals surface area contributed by atoms with Crippen molar-refractivity contribution in [3.63, 3.8) is 0 Å². The average Bonchev–Trinajstić information content (AvgIpc) is 2.73. The lowest BCUT2D eigenvalue weighted by Crippen LogP contribution is -2.48. The van der Waals surface area contributed by atoms with E-state index in [-0.39, 0.29) is 11.9 Å². The molecule has 0 unspecified atom stereocenters. The van der Waals surface area contributed by atoms with Crippen LogP contribution < -0.4 is 15.5 Å². The molecule has 3 heterocycles. The van der Waals surface area contributed by atoms with Gasteiger partial charge in [-0.2, -0.15) is 0 Å². The molecule has 4 rings (SSSR count). The van der Waals surface area contributed by atoms with Crippen LogP contribution >= 0.6 is 0 Å². The summed E-state index contributed by atoms with van der Waals surface area (Å²) in [6.07, 6.45) is 4.46. The van der Waals surface area contributed by atoms with Crippen molar-refractivity contribution in [1.29, 1.82) is 0 Å². The summed E-state index contributed by atoms with van der Waals surface area (Å²) in [4.78, 5) is 22.8. The number of aromatic nitrogens is 2. The van der Waals surface area contributed by atoms with Gasteiger partial charge < -0.3 is 20.3 Å². The first-order chi connectivity index (χ1) is 14.1. The Morgan fingerprint density at radius 1 is 1.14 bits per heavy atom. The molecular weight excluding hydrogens is 380 g/mol. The van der Waals surface area contributed by atoms with E-state index < -0.39 is 17.7 Å². The van der Waals surface area contributed by atoms with Crippen molar-refractivity contribution >= 4 is 11.9 Å². The number of carbonyl (C=O) groups is 1. The maximum atomic E-state index is 13.6. The minimum atomic E-state index is -0.661. The minimum Gasteiger partial charge on any atom is -0.378 e. The molecule has 0 radical (unpaired) electrons. The highest BCUT2D eigenvalue weighted by Gasteiger charge is 2.30. The smallest absolute Gasteiger partial charge is 0.225 e. The summed E-state index contributed by atoms with van der Waals surface area (Å²) < 4.78 is 32.6. The number of carbonyl (C=O) groups excluding carboxylic acids is 1. The lowest BCUT2D eigenvalue weighted by molar-refractivity contribution is -0.123. The third-order valence-corrected chi connectivity index (χ3v) is 5.20. The predicted molar refractivity (Wildman–Crippen MR) is 102 cm³/mol. The fourth-order valence-electron chi connectivity index (χ4n) is 3.70. The number of hydrogen-bond acceptors (Lipinski definition) is 6. The van der Waals surface area contributed by atoms with Crippen molar-refractivity contribution in [2.75, 3.05) is 31.2 Å². The molecule has 2 fully saturated rings. The second kappa shape index (κ2) is 8.79. The van der Waals surface area contributed by atoms with Gasteiger partial charge in [0.1, 0.15) is 11.6 Å². The average molecular weight is 403 g/mol. The van der Waals surface area contributed by atoms with Crippen molar-refractivity contribution in [2.45, 2.75) is 31.5 Å². The monoisotopic (exact) mass is 403 g/mol. The number of morpholine rings is 1. The molecule has 2 aliphatic heterocycles. The van der Waals surface area contributed by atoms with Gasteiger partial charge in [0.05, 0.1) is 19.3 Å². The van der Waals surface area contributed by atoms with Crippen LogP contribution in [0.3, 0.4) is 0 Å². The highest BCUT2D eigenvalue weighted by molar-refractivity contribution is 5.77. The first kappa shape index (κ1) is 19.7. The number of piperidine rings is 1. The predicted octanol–water partition coefficient (Wildman–Crippen LogP) is 1.70. The number of amides is 1. The van der Waals surface area contributed by atoms with Gasteiger partial charge in [-0.3, -0.25) is 4.79 Å². The zero-order valence-electron chi connectivity index (χ0n) is 15.9. The largest absolute Gasteiger partial charge is 0.378 e. The molecule has 0 spiro atoms. The van der Waals surface area contributed by atoms with Crippen LogP contribution in [0.25, 0.3) is 0 Å². The SMILES string of the molecule is O=C1CC[C@@H](NCc2cnc(N3CCOCC3)nc2)[C@H](c2cc(F)cc(F)c2)N1. The molecule has 2 N–H and O–H groups in total. The van der Waals surface area contributed by atoms with E-state index in [0.717, 1.165) is 24.7 Å². The summed E-state index contributed by atoms with van der Waals surface area (Å²) in [5, 5.41) is 6.21. The molecule has 1 amide bonds. The molecule has 1 aromatic heterocycles. The van der Waals surface area contributed by atoms with Gasteiger partial charge in [-0.05, 0) is 24.1 Å². The third-order valence-electron chi connectivity index (χ3n) is 5.20. The molecule has 9 heteroatoms. The zero-order chi connectivity index (χ0) is 20.2. The van der Waals surface area contributed by atoms with Gasteiger partial charge in [0.15, 0.2) is 0 Å². The van der Waals surface area contributed by atoms with Crippen LogP contribution in [0, 0.1) is 11.6 Å². The second-order valence-corrected chi connectivity index (χ2v) is 7.26. The van der Waals surface area contributed by atoms with Crippen molar-refractivity contribution < 1.29 is 18.3 Å². The molecular formula is C20H23F2N5O2. The van der Waals surface area contributed by atoms with Gasteiger partial charge in [-0.1, -0.05) is 0 Å². The first-order valence-electron chi connectivity index (χ1n) is 9.71. The fourth-order valence-corrected chi connectivity index (χ4v) is 3.70. The van der Waals surface area contributed by atoms with Gasteiger partial charge in [-0.25, -0.2) is 18.7 Å². The van der Waals surface area contributed by atoms with E-state index in [1.807, 2.05) is 0 Å². The Hall–Kier alpha value is -2.65. The molecule has 7 nitrogen and oxygen atoms in total. The van der Waals surface area contributed by atoms with E-state index in [9.17, 15) is 13.6 Å². The van der Waals surface area contributed by atoms with Crippen LogP contribution in [-0.2, 0) is 16.1 Å². The fraction of sp³-hybridized carbons (Fsp3) is 0.450. The zero-order valence-corrected chi connectivity index (χ0v) is 15.9. The molecule has 0 saturated carbocycles. The molecule has 2 atom stereocenters. The Morgan fingerprint density at radius 2 is 1.83 bits per heavy atom. The van der Waals surface area contributed by atoms with E-state index in [2.05, 4.69) is 25.5 Å². The number of halogens is 2. The van der Waals surface area contributed by atoms with Crippen LogP contribution in [0.1, 0.15) is 30.0 Å². The van der Waals surface area contributed by atoms with Crippen molar-refractivity contribution in [1.82, 2.24) is 20.6 Å².